The summed E-state index contributed by atoms with van der Waals surface area (Å²) in [4.78, 5) is 12.5. The van der Waals surface area contributed by atoms with Crippen LogP contribution in [0.25, 0.3) is 0 Å². The Morgan fingerprint density at radius 2 is 1.48 bits per heavy atom. The first-order valence-corrected chi connectivity index (χ1v) is 17.9. The molecule has 0 aromatic rings. The van der Waals surface area contributed by atoms with E-state index in [4.69, 9.17) is 0 Å². The molecule has 3 heteroatoms. The molecule has 0 spiro atoms. The van der Waals surface area contributed by atoms with Crippen LogP contribution in [-0.2, 0) is 4.79 Å². The number of hydrogen-bond donors (Lipinski definition) is 1. The fourth-order valence-corrected chi connectivity index (χ4v) is 19.1. The van der Waals surface area contributed by atoms with Gasteiger partial charge in [-0.3, -0.25) is 0 Å². The molecule has 1 rings (SSSR count). The van der Waals surface area contributed by atoms with Gasteiger partial charge >= 0.3 is 149 Å². The van der Waals surface area contributed by atoms with Gasteiger partial charge in [0, 0.05) is 0 Å². The van der Waals surface area contributed by atoms with Crippen LogP contribution in [0.15, 0.2) is 9.67 Å². The topological polar surface area (TPSA) is 29.1 Å². The van der Waals surface area contributed by atoms with Gasteiger partial charge in [0.15, 0.2) is 0 Å². The summed E-state index contributed by atoms with van der Waals surface area (Å²) in [5, 5.41) is 3.15. The molecule has 1 saturated heterocycles. The number of carbonyl (C=O) groups is 1. The molecular weight excluding hydrogens is 389 g/mol. The van der Waals surface area contributed by atoms with Crippen molar-refractivity contribution in [2.75, 3.05) is 6.54 Å². The monoisotopic (exact) mass is 429 g/mol. The SMILES string of the molecule is CCC[CH2][Sn](/[CH]=C1/CCCCCNC1=O)([CH2]CCC)[CH2]CCC. The standard InChI is InChI=1S/C8H12NO.3C4H9.Sn/c1-7-5-3-2-4-6-9-8(7)10;3*1-3-4-2;/h1H,2-6H2,(H,9,10);3*1,3-4H2,2H3;. The number of unbranched alkanes of at least 4 members (excludes halogenated alkanes) is 3. The Bertz CT molecular complexity index is 343. The molecule has 0 radical (unpaired) electrons. The summed E-state index contributed by atoms with van der Waals surface area (Å²) in [5.74, 6) is 0.260. The van der Waals surface area contributed by atoms with Gasteiger partial charge in [-0.15, -0.1) is 0 Å². The summed E-state index contributed by atoms with van der Waals surface area (Å²) in [6, 6.07) is 0. The number of rotatable bonds is 10. The third-order valence-electron chi connectivity index (χ3n) is 5.27. The molecule has 0 aromatic heterocycles. The first-order valence-electron chi connectivity index (χ1n) is 10.2. The van der Waals surface area contributed by atoms with Crippen molar-refractivity contribution in [3.63, 3.8) is 0 Å². The Kier molecular flexibility index (Phi) is 11.3. The second-order valence-electron chi connectivity index (χ2n) is 7.41. The van der Waals surface area contributed by atoms with Crippen LogP contribution in [0.5, 0.6) is 0 Å². The van der Waals surface area contributed by atoms with Crippen LogP contribution in [0.1, 0.15) is 85.0 Å². The molecule has 134 valence electrons. The third-order valence-corrected chi connectivity index (χ3v) is 19.6. The molecule has 0 unspecified atom stereocenters. The van der Waals surface area contributed by atoms with Gasteiger partial charge < -0.3 is 0 Å². The van der Waals surface area contributed by atoms with Crippen LogP contribution in [0, 0.1) is 0 Å². The van der Waals surface area contributed by atoms with Gasteiger partial charge in [0.05, 0.1) is 0 Å². The Balaban J connectivity index is 2.99. The van der Waals surface area contributed by atoms with Gasteiger partial charge in [-0.1, -0.05) is 0 Å². The number of nitrogens with one attached hydrogen (secondary N) is 1. The van der Waals surface area contributed by atoms with E-state index >= 15 is 0 Å². The molecule has 0 aromatic carbocycles. The van der Waals surface area contributed by atoms with Gasteiger partial charge in [0.25, 0.3) is 0 Å². The van der Waals surface area contributed by atoms with E-state index in [-0.39, 0.29) is 5.91 Å². The Hall–Kier alpha value is 0.00870. The summed E-state index contributed by atoms with van der Waals surface area (Å²) >= 11 is -2.32. The van der Waals surface area contributed by atoms with Crippen molar-refractivity contribution in [1.82, 2.24) is 5.32 Å². The molecule has 0 aliphatic carbocycles. The Morgan fingerprint density at radius 1 is 0.913 bits per heavy atom. The maximum atomic E-state index is 12.5. The summed E-state index contributed by atoms with van der Waals surface area (Å²) in [6.07, 6.45) is 12.6. The summed E-state index contributed by atoms with van der Waals surface area (Å²) in [6.45, 7) is 7.81. The molecule has 23 heavy (non-hydrogen) atoms. The third kappa shape index (κ3) is 8.09. The van der Waals surface area contributed by atoms with E-state index in [1.54, 1.807) is 0 Å². The minimum atomic E-state index is -2.32. The molecule has 0 atom stereocenters. The van der Waals surface area contributed by atoms with Gasteiger partial charge in [0.2, 0.25) is 0 Å². The van der Waals surface area contributed by atoms with Crippen LogP contribution in [0.4, 0.5) is 0 Å². The quantitative estimate of drug-likeness (QED) is 0.336. The Morgan fingerprint density at radius 3 is 2.00 bits per heavy atom. The predicted molar refractivity (Wildman–Crippen MR) is 104 cm³/mol. The van der Waals surface area contributed by atoms with E-state index < -0.39 is 18.4 Å². The van der Waals surface area contributed by atoms with Gasteiger partial charge in [-0.05, 0) is 0 Å². The predicted octanol–water partition coefficient (Wildman–Crippen LogP) is 5.99. The van der Waals surface area contributed by atoms with Crippen LogP contribution in [0.3, 0.4) is 0 Å². The van der Waals surface area contributed by atoms with Crippen molar-refractivity contribution in [3.8, 4) is 0 Å². The molecule has 1 N–H and O–H groups in total. The normalized spacial score (nSPS) is 18.6. The first kappa shape index (κ1) is 21.1. The molecule has 1 fully saturated rings. The number of amides is 1. The van der Waals surface area contributed by atoms with Crippen LogP contribution >= 0.6 is 0 Å². The van der Waals surface area contributed by atoms with Gasteiger partial charge in [-0.2, -0.15) is 0 Å². The van der Waals surface area contributed by atoms with E-state index in [2.05, 4.69) is 30.2 Å². The fourth-order valence-electron chi connectivity index (χ4n) is 3.73. The molecule has 0 saturated carbocycles. The second kappa shape index (κ2) is 12.4. The Labute approximate surface area is 148 Å². The molecule has 2 nitrogen and oxygen atoms in total. The van der Waals surface area contributed by atoms with Crippen molar-refractivity contribution in [1.29, 1.82) is 0 Å². The van der Waals surface area contributed by atoms with E-state index in [0.29, 0.717) is 0 Å². The molecule has 1 amide bonds. The zero-order chi connectivity index (χ0) is 17.0. The maximum absolute atomic E-state index is 12.5. The van der Waals surface area contributed by atoms with E-state index in [1.807, 2.05) is 0 Å². The van der Waals surface area contributed by atoms with Crippen LogP contribution in [-0.4, -0.2) is 30.8 Å². The van der Waals surface area contributed by atoms with Gasteiger partial charge in [0.1, 0.15) is 0 Å². The van der Waals surface area contributed by atoms with Crippen LogP contribution in [0.2, 0.25) is 13.3 Å². The second-order valence-corrected chi connectivity index (χ2v) is 20.3. The van der Waals surface area contributed by atoms with Crippen molar-refractivity contribution in [2.45, 2.75) is 98.3 Å². The van der Waals surface area contributed by atoms with E-state index in [9.17, 15) is 4.79 Å². The fraction of sp³-hybridized carbons (Fsp3) is 0.850. The van der Waals surface area contributed by atoms with E-state index in [1.165, 1.54) is 70.2 Å². The van der Waals surface area contributed by atoms with Crippen molar-refractivity contribution in [2.24, 2.45) is 0 Å². The zero-order valence-electron chi connectivity index (χ0n) is 15.9. The molecule has 1 aliphatic heterocycles. The summed E-state index contributed by atoms with van der Waals surface area (Å²) in [5.41, 5.74) is 1.17. The average Bonchev–Trinajstić information content (AvgIpc) is 2.55. The number of carbonyl (C=O) groups excluding carboxylic acids is 1. The summed E-state index contributed by atoms with van der Waals surface area (Å²) in [7, 11) is 0. The summed E-state index contributed by atoms with van der Waals surface area (Å²) < 4.78 is 7.02. The molecular formula is C20H39NOSn. The van der Waals surface area contributed by atoms with E-state index in [0.717, 1.165) is 19.4 Å². The van der Waals surface area contributed by atoms with Crippen molar-refractivity contribution < 1.29 is 4.79 Å². The van der Waals surface area contributed by atoms with Gasteiger partial charge in [-0.25, -0.2) is 0 Å². The van der Waals surface area contributed by atoms with Crippen LogP contribution < -0.4 is 5.32 Å². The molecule has 0 bridgehead atoms. The molecule has 1 heterocycles. The number of hydrogen-bond acceptors (Lipinski definition) is 1. The van der Waals surface area contributed by atoms with Crippen molar-refractivity contribution in [3.05, 3.63) is 9.67 Å². The van der Waals surface area contributed by atoms with Crippen molar-refractivity contribution >= 4 is 24.3 Å². The zero-order valence-corrected chi connectivity index (χ0v) is 18.7. The average molecular weight is 428 g/mol. The minimum absolute atomic E-state index is 0.260. The first-order chi connectivity index (χ1) is 11.2. The molecule has 1 aliphatic rings.